The van der Waals surface area contributed by atoms with Crippen LogP contribution in [-0.4, -0.2) is 32.7 Å². The first-order valence-corrected chi connectivity index (χ1v) is 5.92. The first-order chi connectivity index (χ1) is 9.78. The summed E-state index contributed by atoms with van der Waals surface area (Å²) in [6, 6.07) is 9.28. The van der Waals surface area contributed by atoms with Crippen molar-refractivity contribution in [3.8, 4) is 28.4 Å². The lowest BCUT2D eigenvalue weighted by Crippen LogP contribution is -1.93. The van der Waals surface area contributed by atoms with Gasteiger partial charge in [-0.1, -0.05) is 6.07 Å². The number of nitrogens with zero attached hydrogens (tertiary/aromatic N) is 4. The highest BCUT2D eigenvalue weighted by molar-refractivity contribution is 5.82. The van der Waals surface area contributed by atoms with Crippen molar-refractivity contribution in [3.05, 3.63) is 36.5 Å². The van der Waals surface area contributed by atoms with Crippen LogP contribution >= 0.6 is 0 Å². The van der Waals surface area contributed by atoms with Crippen molar-refractivity contribution < 1.29 is 4.74 Å². The number of benzene rings is 1. The van der Waals surface area contributed by atoms with Crippen LogP contribution in [0, 0.1) is 0 Å². The summed E-state index contributed by atoms with van der Waals surface area (Å²) in [5.41, 5.74) is 9.17. The molecule has 3 N–H and O–H groups in total. The Kier molecular flexibility index (Phi) is 3.00. The molecule has 0 radical (unpaired) electrons. The molecule has 0 fully saturated rings. The molecule has 0 aliphatic carbocycles. The molecule has 0 saturated carbocycles. The second-order valence-corrected chi connectivity index (χ2v) is 4.14. The van der Waals surface area contributed by atoms with Crippen LogP contribution in [0.2, 0.25) is 0 Å². The first-order valence-electron chi connectivity index (χ1n) is 5.92. The molecule has 7 nitrogen and oxygen atoms in total. The fourth-order valence-electron chi connectivity index (χ4n) is 1.94. The van der Waals surface area contributed by atoms with Gasteiger partial charge in [-0.15, -0.1) is 5.10 Å². The van der Waals surface area contributed by atoms with E-state index < -0.39 is 0 Å². The molecule has 0 saturated heterocycles. The number of methoxy groups -OCH3 is 1. The number of tetrazole rings is 1. The van der Waals surface area contributed by atoms with Crippen molar-refractivity contribution >= 4 is 5.69 Å². The van der Waals surface area contributed by atoms with Gasteiger partial charge in [0.2, 0.25) is 5.88 Å². The third-order valence-corrected chi connectivity index (χ3v) is 2.90. The van der Waals surface area contributed by atoms with Crippen LogP contribution in [0.25, 0.3) is 22.5 Å². The average Bonchev–Trinajstić information content (AvgIpc) is 3.01. The van der Waals surface area contributed by atoms with Crippen molar-refractivity contribution in [3.63, 3.8) is 0 Å². The molecule has 2 aromatic heterocycles. The number of H-pyrrole nitrogens is 1. The molecule has 0 aliphatic heterocycles. The summed E-state index contributed by atoms with van der Waals surface area (Å²) >= 11 is 0. The van der Waals surface area contributed by atoms with Gasteiger partial charge >= 0.3 is 0 Å². The zero-order valence-electron chi connectivity index (χ0n) is 10.7. The van der Waals surface area contributed by atoms with Gasteiger partial charge in [0, 0.05) is 29.1 Å². The van der Waals surface area contributed by atoms with Crippen molar-refractivity contribution in [1.82, 2.24) is 25.6 Å². The van der Waals surface area contributed by atoms with E-state index in [-0.39, 0.29) is 0 Å². The van der Waals surface area contributed by atoms with Crippen LogP contribution in [0.4, 0.5) is 5.69 Å². The van der Waals surface area contributed by atoms with Crippen molar-refractivity contribution in [1.29, 1.82) is 0 Å². The summed E-state index contributed by atoms with van der Waals surface area (Å²) in [6.07, 6.45) is 1.73. The lowest BCUT2D eigenvalue weighted by Gasteiger charge is -2.08. The van der Waals surface area contributed by atoms with E-state index >= 15 is 0 Å². The number of aromatic nitrogens is 5. The van der Waals surface area contributed by atoms with Crippen LogP contribution in [0.3, 0.4) is 0 Å². The number of ether oxygens (including phenoxy) is 1. The Hall–Kier alpha value is -2.96. The highest BCUT2D eigenvalue weighted by atomic mass is 16.5. The predicted molar refractivity (Wildman–Crippen MR) is 73.8 cm³/mol. The number of aromatic amines is 1. The fraction of sp³-hybridized carbons (Fsp3) is 0.0769. The third kappa shape index (κ3) is 2.16. The standard InChI is InChI=1S/C13H12N6O/c1-20-12-5-2-8(7-15-12)10-4-3-9(14)6-11(10)13-16-18-19-17-13/h2-7H,14H2,1H3,(H,16,17,18,19). The molecule has 0 atom stereocenters. The molecule has 0 unspecified atom stereocenters. The zero-order valence-corrected chi connectivity index (χ0v) is 10.7. The van der Waals surface area contributed by atoms with Crippen LogP contribution in [0.1, 0.15) is 0 Å². The van der Waals surface area contributed by atoms with Crippen molar-refractivity contribution in [2.24, 2.45) is 0 Å². The Morgan fingerprint density at radius 2 is 2.05 bits per heavy atom. The van der Waals surface area contributed by atoms with Gasteiger partial charge < -0.3 is 10.5 Å². The van der Waals surface area contributed by atoms with E-state index in [0.717, 1.165) is 16.7 Å². The quantitative estimate of drug-likeness (QED) is 0.698. The lowest BCUT2D eigenvalue weighted by molar-refractivity contribution is 0.398. The molecular weight excluding hydrogens is 256 g/mol. The normalized spacial score (nSPS) is 10.4. The summed E-state index contributed by atoms with van der Waals surface area (Å²) in [4.78, 5) is 4.20. The molecule has 2 heterocycles. The average molecular weight is 268 g/mol. The maximum Gasteiger partial charge on any atom is 0.212 e. The van der Waals surface area contributed by atoms with E-state index in [2.05, 4.69) is 25.6 Å². The number of anilines is 1. The van der Waals surface area contributed by atoms with E-state index in [0.29, 0.717) is 17.4 Å². The Labute approximate surface area is 114 Å². The van der Waals surface area contributed by atoms with Gasteiger partial charge in [0.15, 0.2) is 5.82 Å². The predicted octanol–water partition coefficient (Wildman–Crippen LogP) is 1.52. The molecule has 0 aliphatic rings. The monoisotopic (exact) mass is 268 g/mol. The molecule has 0 amide bonds. The van der Waals surface area contributed by atoms with Crippen LogP contribution in [0.15, 0.2) is 36.5 Å². The minimum atomic E-state index is 0.558. The summed E-state index contributed by atoms with van der Waals surface area (Å²) in [5.74, 6) is 1.12. The van der Waals surface area contributed by atoms with Gasteiger partial charge in [0.25, 0.3) is 0 Å². The van der Waals surface area contributed by atoms with Crippen molar-refractivity contribution in [2.75, 3.05) is 12.8 Å². The largest absolute Gasteiger partial charge is 0.481 e. The van der Waals surface area contributed by atoms with E-state index in [1.807, 2.05) is 24.3 Å². The number of nitrogens with two attached hydrogens (primary N) is 1. The van der Waals surface area contributed by atoms with Gasteiger partial charge in [0.05, 0.1) is 7.11 Å². The fourth-order valence-corrected chi connectivity index (χ4v) is 1.94. The highest BCUT2D eigenvalue weighted by Crippen LogP contribution is 2.31. The zero-order chi connectivity index (χ0) is 13.9. The number of nitrogen functional groups attached to an aromatic ring is 1. The Morgan fingerprint density at radius 1 is 1.15 bits per heavy atom. The van der Waals surface area contributed by atoms with Crippen LogP contribution in [-0.2, 0) is 0 Å². The second kappa shape index (κ2) is 4.96. The summed E-state index contributed by atoms with van der Waals surface area (Å²) in [6.45, 7) is 0. The van der Waals surface area contributed by atoms with Crippen LogP contribution in [0.5, 0.6) is 5.88 Å². The maximum absolute atomic E-state index is 5.84. The minimum Gasteiger partial charge on any atom is -0.481 e. The number of pyridine rings is 1. The minimum absolute atomic E-state index is 0.558. The number of rotatable bonds is 3. The molecule has 0 spiro atoms. The Bertz CT molecular complexity index is 708. The Balaban J connectivity index is 2.13. The van der Waals surface area contributed by atoms with Crippen LogP contribution < -0.4 is 10.5 Å². The molecule has 7 heteroatoms. The van der Waals surface area contributed by atoms with Gasteiger partial charge in [-0.3, -0.25) is 0 Å². The number of hydrogen-bond donors (Lipinski definition) is 2. The van der Waals surface area contributed by atoms with Gasteiger partial charge in [-0.25, -0.2) is 10.1 Å². The highest BCUT2D eigenvalue weighted by Gasteiger charge is 2.11. The van der Waals surface area contributed by atoms with E-state index in [4.69, 9.17) is 10.5 Å². The number of hydrogen-bond acceptors (Lipinski definition) is 6. The molecular formula is C13H12N6O. The van der Waals surface area contributed by atoms with E-state index in [9.17, 15) is 0 Å². The van der Waals surface area contributed by atoms with Gasteiger partial charge in [-0.2, -0.15) is 0 Å². The summed E-state index contributed by atoms with van der Waals surface area (Å²) in [5, 5.41) is 13.9. The first kappa shape index (κ1) is 12.1. The van der Waals surface area contributed by atoms with E-state index in [1.165, 1.54) is 0 Å². The van der Waals surface area contributed by atoms with Gasteiger partial charge in [-0.05, 0) is 34.2 Å². The molecule has 1 aromatic carbocycles. The second-order valence-electron chi connectivity index (χ2n) is 4.14. The van der Waals surface area contributed by atoms with E-state index in [1.54, 1.807) is 19.4 Å². The Morgan fingerprint density at radius 3 is 2.70 bits per heavy atom. The molecule has 20 heavy (non-hydrogen) atoms. The smallest absolute Gasteiger partial charge is 0.212 e. The SMILES string of the molecule is COc1ccc(-c2ccc(N)cc2-c2nnn[nH]2)cn1. The summed E-state index contributed by atoms with van der Waals surface area (Å²) < 4.78 is 5.06. The third-order valence-electron chi connectivity index (χ3n) is 2.90. The number of nitrogens with one attached hydrogen (secondary N) is 1. The maximum atomic E-state index is 5.84. The topological polar surface area (TPSA) is 103 Å². The lowest BCUT2D eigenvalue weighted by atomic mass is 10.00. The van der Waals surface area contributed by atoms with Gasteiger partial charge in [0.1, 0.15) is 0 Å². The molecule has 3 rings (SSSR count). The van der Waals surface area contributed by atoms with Crippen molar-refractivity contribution in [2.45, 2.75) is 0 Å². The molecule has 3 aromatic rings. The molecule has 0 bridgehead atoms. The molecule has 100 valence electrons. The summed E-state index contributed by atoms with van der Waals surface area (Å²) in [7, 11) is 1.58.